The molecule has 40 valence electrons. The second kappa shape index (κ2) is 2.23. The Morgan fingerprint density at radius 3 is 3.00 bits per heavy atom. The molecule has 2 nitrogen and oxygen atoms in total. The van der Waals surface area contributed by atoms with Crippen molar-refractivity contribution in [3.05, 3.63) is 11.6 Å². The number of thioether (sulfide) groups is 1. The van der Waals surface area contributed by atoms with Crippen LogP contribution >= 0.6 is 11.8 Å². The molecule has 0 saturated heterocycles. The lowest BCUT2D eigenvalue weighted by atomic mass is 11.0. The van der Waals surface area contributed by atoms with Crippen molar-refractivity contribution in [3.63, 3.8) is 0 Å². The third-order valence-electron chi connectivity index (χ3n) is 0.760. The Morgan fingerprint density at radius 2 is 2.71 bits per heavy atom. The van der Waals surface area contributed by atoms with E-state index in [1.54, 1.807) is 23.9 Å². The van der Waals surface area contributed by atoms with Gasteiger partial charge in [-0.05, 0) is 5.41 Å². The first-order chi connectivity index (χ1) is 3.43. The van der Waals surface area contributed by atoms with Gasteiger partial charge < -0.3 is 0 Å². The van der Waals surface area contributed by atoms with E-state index in [2.05, 4.69) is 0 Å². The Morgan fingerprint density at radius 1 is 1.86 bits per heavy atom. The second-order valence-corrected chi connectivity index (χ2v) is 2.04. The molecule has 3 heteroatoms. The predicted molar refractivity (Wildman–Crippen MR) is 30.4 cm³/mol. The average molecular weight is 117 g/mol. The minimum atomic E-state index is 0.927. The topological polar surface area (TPSA) is 12.5 Å². The summed E-state index contributed by atoms with van der Waals surface area (Å²) in [5.41, 5.74) is 0. The van der Waals surface area contributed by atoms with Crippen LogP contribution in [0.25, 0.3) is 0 Å². The van der Waals surface area contributed by atoms with E-state index in [4.69, 9.17) is 4.84 Å². The maximum absolute atomic E-state index is 4.84. The molecule has 0 aromatic rings. The first-order valence-electron chi connectivity index (χ1n) is 2.02. The SMILES string of the molecule is CON1C=CSC1. The standard InChI is InChI=1S/C4H7NOS/c1-6-5-2-3-7-4-5/h2-3H,4H2,1H3. The highest BCUT2D eigenvalue weighted by Gasteiger charge is 1.99. The van der Waals surface area contributed by atoms with Crippen LogP contribution in [0.1, 0.15) is 0 Å². The Balaban J connectivity index is 2.28. The van der Waals surface area contributed by atoms with Gasteiger partial charge in [0.1, 0.15) is 0 Å². The highest BCUT2D eigenvalue weighted by atomic mass is 32.2. The van der Waals surface area contributed by atoms with Crippen molar-refractivity contribution in [3.8, 4) is 0 Å². The average Bonchev–Trinajstić information content (AvgIpc) is 2.14. The zero-order chi connectivity index (χ0) is 5.11. The summed E-state index contributed by atoms with van der Waals surface area (Å²) in [4.78, 5) is 4.84. The second-order valence-electron chi connectivity index (χ2n) is 1.18. The molecule has 0 aromatic heterocycles. The molecule has 0 aromatic carbocycles. The van der Waals surface area contributed by atoms with Crippen LogP contribution in [0.5, 0.6) is 0 Å². The quantitative estimate of drug-likeness (QED) is 0.509. The van der Waals surface area contributed by atoms with Gasteiger partial charge in [-0.2, -0.15) is 0 Å². The van der Waals surface area contributed by atoms with Crippen LogP contribution in [-0.2, 0) is 4.84 Å². The number of hydrogen-bond donors (Lipinski definition) is 0. The van der Waals surface area contributed by atoms with E-state index in [9.17, 15) is 0 Å². The third kappa shape index (κ3) is 1.11. The van der Waals surface area contributed by atoms with E-state index in [-0.39, 0.29) is 0 Å². The van der Waals surface area contributed by atoms with Crippen molar-refractivity contribution >= 4 is 11.8 Å². The summed E-state index contributed by atoms with van der Waals surface area (Å²) >= 11 is 1.73. The van der Waals surface area contributed by atoms with Crippen LogP contribution in [0.4, 0.5) is 0 Å². The van der Waals surface area contributed by atoms with Crippen LogP contribution in [0.2, 0.25) is 0 Å². The minimum Gasteiger partial charge on any atom is -0.277 e. The van der Waals surface area contributed by atoms with Crippen molar-refractivity contribution in [1.29, 1.82) is 0 Å². The molecule has 0 unspecified atom stereocenters. The molecule has 0 fully saturated rings. The van der Waals surface area contributed by atoms with E-state index >= 15 is 0 Å². The molecule has 1 aliphatic heterocycles. The molecular formula is C4H7NOS. The first kappa shape index (κ1) is 5.00. The van der Waals surface area contributed by atoms with E-state index < -0.39 is 0 Å². The molecule has 1 aliphatic rings. The first-order valence-corrected chi connectivity index (χ1v) is 3.07. The smallest absolute Gasteiger partial charge is 0.0943 e. The highest BCUT2D eigenvalue weighted by molar-refractivity contribution is 8.02. The molecule has 0 N–H and O–H groups in total. The summed E-state index contributed by atoms with van der Waals surface area (Å²) in [6.45, 7) is 0. The van der Waals surface area contributed by atoms with Crippen LogP contribution in [0.3, 0.4) is 0 Å². The largest absolute Gasteiger partial charge is 0.277 e. The van der Waals surface area contributed by atoms with Crippen LogP contribution < -0.4 is 0 Å². The summed E-state index contributed by atoms with van der Waals surface area (Å²) in [5, 5.41) is 3.77. The lowest BCUT2D eigenvalue weighted by Gasteiger charge is -2.08. The van der Waals surface area contributed by atoms with Gasteiger partial charge in [-0.25, -0.2) is 0 Å². The molecule has 7 heavy (non-hydrogen) atoms. The fourth-order valence-corrected chi connectivity index (χ4v) is 1.03. The van der Waals surface area contributed by atoms with Crippen molar-refractivity contribution in [2.24, 2.45) is 0 Å². The molecular weight excluding hydrogens is 110 g/mol. The van der Waals surface area contributed by atoms with Gasteiger partial charge >= 0.3 is 0 Å². The third-order valence-corrected chi connectivity index (χ3v) is 1.48. The molecule has 0 radical (unpaired) electrons. The summed E-state index contributed by atoms with van der Waals surface area (Å²) < 4.78 is 0. The molecule has 0 saturated carbocycles. The molecule has 0 atom stereocenters. The van der Waals surface area contributed by atoms with E-state index in [1.165, 1.54) is 0 Å². The summed E-state index contributed by atoms with van der Waals surface area (Å²) in [7, 11) is 1.66. The number of nitrogens with zero attached hydrogens (tertiary/aromatic N) is 1. The highest BCUT2D eigenvalue weighted by Crippen LogP contribution is 2.13. The molecule has 0 bridgehead atoms. The van der Waals surface area contributed by atoms with Gasteiger partial charge in [0.2, 0.25) is 0 Å². The van der Waals surface area contributed by atoms with E-state index in [1.807, 2.05) is 11.6 Å². The van der Waals surface area contributed by atoms with Crippen LogP contribution in [0.15, 0.2) is 11.6 Å². The Kier molecular flexibility index (Phi) is 1.59. The molecule has 0 spiro atoms. The molecule has 0 amide bonds. The Hall–Kier alpha value is -0.150. The fourth-order valence-electron chi connectivity index (χ4n) is 0.384. The van der Waals surface area contributed by atoms with Gasteiger partial charge in [0.15, 0.2) is 0 Å². The zero-order valence-corrected chi connectivity index (χ0v) is 4.94. The van der Waals surface area contributed by atoms with Crippen molar-refractivity contribution in [2.45, 2.75) is 0 Å². The van der Waals surface area contributed by atoms with Crippen LogP contribution in [0, 0.1) is 0 Å². The van der Waals surface area contributed by atoms with Crippen molar-refractivity contribution < 1.29 is 4.84 Å². The van der Waals surface area contributed by atoms with Gasteiger partial charge in [0.25, 0.3) is 0 Å². The minimum absolute atomic E-state index is 0.927. The fraction of sp³-hybridized carbons (Fsp3) is 0.500. The van der Waals surface area contributed by atoms with Gasteiger partial charge in [0, 0.05) is 6.20 Å². The lowest BCUT2D eigenvalue weighted by molar-refractivity contribution is -0.0683. The maximum atomic E-state index is 4.84. The molecule has 1 rings (SSSR count). The predicted octanol–water partition coefficient (Wildman–Crippen LogP) is 1.03. The van der Waals surface area contributed by atoms with Crippen LogP contribution in [-0.4, -0.2) is 18.0 Å². The van der Waals surface area contributed by atoms with E-state index in [0.717, 1.165) is 5.88 Å². The monoisotopic (exact) mass is 117 g/mol. The van der Waals surface area contributed by atoms with Crippen molar-refractivity contribution in [2.75, 3.05) is 13.0 Å². The van der Waals surface area contributed by atoms with Gasteiger partial charge in [-0.1, -0.05) is 0 Å². The van der Waals surface area contributed by atoms with Gasteiger partial charge in [-0.3, -0.25) is 9.90 Å². The molecule has 1 heterocycles. The number of hydrogen-bond acceptors (Lipinski definition) is 3. The normalized spacial score (nSPS) is 18.7. The summed E-state index contributed by atoms with van der Waals surface area (Å²) in [6, 6.07) is 0. The maximum Gasteiger partial charge on any atom is 0.0943 e. The van der Waals surface area contributed by atoms with E-state index in [0.29, 0.717) is 0 Å². The Bertz CT molecular complexity index is 83.8. The van der Waals surface area contributed by atoms with Gasteiger partial charge in [-0.15, -0.1) is 11.8 Å². The number of rotatable bonds is 1. The van der Waals surface area contributed by atoms with Crippen molar-refractivity contribution in [1.82, 2.24) is 5.06 Å². The summed E-state index contributed by atoms with van der Waals surface area (Å²) in [6.07, 6.45) is 1.91. The number of hydroxylamine groups is 2. The Labute approximate surface area is 47.1 Å². The summed E-state index contributed by atoms with van der Waals surface area (Å²) in [5.74, 6) is 0.927. The zero-order valence-electron chi connectivity index (χ0n) is 4.13. The van der Waals surface area contributed by atoms with Gasteiger partial charge in [0.05, 0.1) is 13.0 Å². The lowest BCUT2D eigenvalue weighted by Crippen LogP contribution is -2.09. The molecule has 0 aliphatic carbocycles.